The topological polar surface area (TPSA) is 0 Å². The second kappa shape index (κ2) is 14.9. The van der Waals surface area contributed by atoms with E-state index in [4.69, 9.17) is 0 Å². The third kappa shape index (κ3) is 8.37. The van der Waals surface area contributed by atoms with Gasteiger partial charge in [-0.2, -0.15) is 24.3 Å². The second-order valence-corrected chi connectivity index (χ2v) is 9.70. The summed E-state index contributed by atoms with van der Waals surface area (Å²) in [5.74, 6) is 4.27. The predicted octanol–water partition coefficient (Wildman–Crippen LogP) is 3.13. The van der Waals surface area contributed by atoms with E-state index >= 15 is 0 Å². The molecule has 2 atom stereocenters. The summed E-state index contributed by atoms with van der Waals surface area (Å²) in [5, 5.41) is 0. The van der Waals surface area contributed by atoms with Crippen LogP contribution in [-0.2, 0) is 0 Å². The Labute approximate surface area is 233 Å². The van der Waals surface area contributed by atoms with Gasteiger partial charge in [-0.1, -0.05) is 88.8 Å². The van der Waals surface area contributed by atoms with E-state index in [0.717, 1.165) is 12.8 Å². The van der Waals surface area contributed by atoms with E-state index in [-0.39, 0.29) is 37.7 Å². The minimum atomic E-state index is 0. The van der Waals surface area contributed by atoms with Gasteiger partial charge in [-0.25, -0.2) is 0 Å². The molecule has 3 aromatic rings. The minimum absolute atomic E-state index is 0. The van der Waals surface area contributed by atoms with E-state index in [1.54, 1.807) is 0 Å². The van der Waals surface area contributed by atoms with Crippen molar-refractivity contribution >= 4 is 0 Å². The molecule has 34 heavy (non-hydrogen) atoms. The van der Waals surface area contributed by atoms with Gasteiger partial charge in [0, 0.05) is 0 Å². The summed E-state index contributed by atoms with van der Waals surface area (Å²) in [5.41, 5.74) is 8.04. The molecule has 170 valence electrons. The Bertz CT molecular complexity index is 861. The van der Waals surface area contributed by atoms with Gasteiger partial charge in [0.05, 0.1) is 0 Å². The molecule has 0 aliphatic rings. The molecule has 3 aromatic carbocycles. The molecule has 0 aromatic heterocycles. The molecule has 2 heteroatoms. The minimum Gasteiger partial charge on any atom is -0.153 e. The fourth-order valence-electron chi connectivity index (χ4n) is 4.17. The van der Waals surface area contributed by atoms with Crippen molar-refractivity contribution in [3.8, 4) is 0 Å². The standard InChI is InChI=1S/C32H40.2Li/c1-7-23(3)21-31(27-13-9-25(5)10-14-27)29-17-19-30(20-18-29)32(22-24(4)8-2)28-15-11-26(6)12-16-28;;/h9-20,23-24H,7-8,21-22H2,1-6H3;;/q-2;2*+1. The van der Waals surface area contributed by atoms with Crippen molar-refractivity contribution in [3.05, 3.63) is 118 Å². The summed E-state index contributed by atoms with van der Waals surface area (Å²) < 4.78 is 0. The molecular weight excluding hydrogens is 398 g/mol. The van der Waals surface area contributed by atoms with E-state index in [1.807, 2.05) is 0 Å². The van der Waals surface area contributed by atoms with Crippen LogP contribution in [0.3, 0.4) is 0 Å². The monoisotopic (exact) mass is 438 g/mol. The number of benzene rings is 3. The summed E-state index contributed by atoms with van der Waals surface area (Å²) in [6.45, 7) is 13.6. The van der Waals surface area contributed by atoms with Crippen LogP contribution in [0.15, 0.2) is 72.8 Å². The van der Waals surface area contributed by atoms with Gasteiger partial charge in [-0.15, -0.1) is 58.4 Å². The second-order valence-electron chi connectivity index (χ2n) is 9.70. The summed E-state index contributed by atoms with van der Waals surface area (Å²) in [4.78, 5) is 0. The van der Waals surface area contributed by atoms with Crippen LogP contribution in [0.4, 0.5) is 0 Å². The smallest absolute Gasteiger partial charge is 0.153 e. The number of hydrogen-bond acceptors (Lipinski definition) is 0. The molecule has 0 saturated heterocycles. The van der Waals surface area contributed by atoms with Crippen molar-refractivity contribution in [2.75, 3.05) is 0 Å². The van der Waals surface area contributed by atoms with Gasteiger partial charge in [0.25, 0.3) is 0 Å². The zero-order valence-electron chi connectivity index (χ0n) is 22.9. The van der Waals surface area contributed by atoms with Crippen LogP contribution in [-0.4, -0.2) is 0 Å². The Morgan fingerprint density at radius 2 is 0.735 bits per heavy atom. The normalized spacial score (nSPS) is 12.2. The van der Waals surface area contributed by atoms with Gasteiger partial charge in [-0.3, -0.25) is 0 Å². The van der Waals surface area contributed by atoms with E-state index in [9.17, 15) is 0 Å². The number of aryl methyl sites for hydroxylation is 2. The zero-order chi connectivity index (χ0) is 23.1. The molecule has 0 fully saturated rings. The SMILES string of the molecule is CCC(C)C[C-](c1ccc(C)cc1)c1ccc([C-](CC(C)CC)c2ccc(C)cc2)cc1.[Li+].[Li+]. The Balaban J connectivity index is 0.00000289. The third-order valence-electron chi connectivity index (χ3n) is 6.88. The molecule has 0 saturated carbocycles. The maximum absolute atomic E-state index is 2.36. The summed E-state index contributed by atoms with van der Waals surface area (Å²) in [6, 6.07) is 27.4. The first-order valence-electron chi connectivity index (χ1n) is 12.4. The van der Waals surface area contributed by atoms with Crippen LogP contribution >= 0.6 is 0 Å². The molecule has 0 bridgehead atoms. The van der Waals surface area contributed by atoms with Crippen LogP contribution in [0.2, 0.25) is 0 Å². The van der Waals surface area contributed by atoms with Gasteiger partial charge < -0.3 is 0 Å². The van der Waals surface area contributed by atoms with E-state index in [0.29, 0.717) is 11.8 Å². The van der Waals surface area contributed by atoms with Crippen LogP contribution in [0.5, 0.6) is 0 Å². The predicted molar refractivity (Wildman–Crippen MR) is 140 cm³/mol. The molecule has 0 heterocycles. The van der Waals surface area contributed by atoms with Crippen molar-refractivity contribution in [2.24, 2.45) is 11.8 Å². The summed E-state index contributed by atoms with van der Waals surface area (Å²) in [6.07, 6.45) is 4.63. The van der Waals surface area contributed by atoms with Crippen molar-refractivity contribution in [3.63, 3.8) is 0 Å². The summed E-state index contributed by atoms with van der Waals surface area (Å²) >= 11 is 0. The van der Waals surface area contributed by atoms with Crippen LogP contribution in [0.1, 0.15) is 86.8 Å². The first-order chi connectivity index (χ1) is 15.4. The van der Waals surface area contributed by atoms with Gasteiger partial charge in [0.1, 0.15) is 0 Å². The maximum Gasteiger partial charge on any atom is 1.00 e. The van der Waals surface area contributed by atoms with E-state index < -0.39 is 0 Å². The Morgan fingerprint density at radius 1 is 0.500 bits per heavy atom. The van der Waals surface area contributed by atoms with Crippen molar-refractivity contribution < 1.29 is 37.7 Å². The fraction of sp³-hybridized carbons (Fsp3) is 0.375. The van der Waals surface area contributed by atoms with Crippen molar-refractivity contribution in [1.29, 1.82) is 0 Å². The third-order valence-corrected chi connectivity index (χ3v) is 6.88. The van der Waals surface area contributed by atoms with Gasteiger partial charge in [0.15, 0.2) is 0 Å². The number of hydrogen-bond donors (Lipinski definition) is 0. The average molecular weight is 439 g/mol. The Morgan fingerprint density at radius 3 is 0.971 bits per heavy atom. The Hall–Kier alpha value is -1.41. The molecule has 0 N–H and O–H groups in total. The fourth-order valence-corrected chi connectivity index (χ4v) is 4.17. The molecule has 0 nitrogen and oxygen atoms in total. The average Bonchev–Trinajstić information content (AvgIpc) is 2.82. The number of rotatable bonds is 10. The van der Waals surface area contributed by atoms with Crippen LogP contribution in [0, 0.1) is 37.5 Å². The molecule has 2 unspecified atom stereocenters. The molecule has 0 aliphatic carbocycles. The quantitative estimate of drug-likeness (QED) is 0.337. The Kier molecular flexibility index (Phi) is 13.4. The first kappa shape index (κ1) is 30.6. The molecule has 0 radical (unpaired) electrons. The molecule has 0 amide bonds. The van der Waals surface area contributed by atoms with Gasteiger partial charge in [0.2, 0.25) is 0 Å². The van der Waals surface area contributed by atoms with Crippen molar-refractivity contribution in [2.45, 2.75) is 67.2 Å². The first-order valence-corrected chi connectivity index (χ1v) is 12.4. The van der Waals surface area contributed by atoms with Gasteiger partial charge in [-0.05, 0) is 25.7 Å². The maximum atomic E-state index is 2.36. The molecule has 3 rings (SSSR count). The zero-order valence-corrected chi connectivity index (χ0v) is 22.9. The molecular formula is C32H40Li2. The largest absolute Gasteiger partial charge is 1.00 e. The van der Waals surface area contributed by atoms with Gasteiger partial charge >= 0.3 is 37.7 Å². The summed E-state index contributed by atoms with van der Waals surface area (Å²) in [7, 11) is 0. The van der Waals surface area contributed by atoms with E-state index in [1.165, 1.54) is 58.1 Å². The molecule has 0 spiro atoms. The van der Waals surface area contributed by atoms with E-state index in [2.05, 4.69) is 114 Å². The van der Waals surface area contributed by atoms with Crippen LogP contribution < -0.4 is 37.7 Å². The van der Waals surface area contributed by atoms with Crippen molar-refractivity contribution in [1.82, 2.24) is 0 Å². The molecule has 0 aliphatic heterocycles. The van der Waals surface area contributed by atoms with Crippen LogP contribution in [0.25, 0.3) is 0 Å².